The number of hydrogen-bond donors (Lipinski definition) is 2. The highest BCUT2D eigenvalue weighted by Crippen LogP contribution is 2.21. The lowest BCUT2D eigenvalue weighted by Gasteiger charge is -2.11. The molecule has 0 radical (unpaired) electrons. The first-order valence-corrected chi connectivity index (χ1v) is 5.40. The molecule has 2 N–H and O–H groups in total. The van der Waals surface area contributed by atoms with Gasteiger partial charge in [-0.1, -0.05) is 34.1 Å². The van der Waals surface area contributed by atoms with E-state index in [-0.39, 0.29) is 11.2 Å². The summed E-state index contributed by atoms with van der Waals surface area (Å²) in [7, 11) is 0. The number of para-hydroxylation sites is 1. The highest BCUT2D eigenvalue weighted by atomic mass is 79.9. The van der Waals surface area contributed by atoms with Gasteiger partial charge in [0.15, 0.2) is 0 Å². The summed E-state index contributed by atoms with van der Waals surface area (Å²) in [5, 5.41) is 12.4. The van der Waals surface area contributed by atoms with Crippen molar-refractivity contribution in [3.05, 3.63) is 29.8 Å². The van der Waals surface area contributed by atoms with Crippen molar-refractivity contribution < 1.29 is 9.90 Å². The van der Waals surface area contributed by atoms with Gasteiger partial charge in [0.05, 0.1) is 11.4 Å². The van der Waals surface area contributed by atoms with Crippen molar-refractivity contribution in [1.29, 1.82) is 0 Å². The Morgan fingerprint density at radius 2 is 2.21 bits per heavy atom. The first-order valence-electron chi connectivity index (χ1n) is 4.28. The van der Waals surface area contributed by atoms with E-state index in [9.17, 15) is 9.90 Å². The molecule has 0 aliphatic carbocycles. The molecule has 0 aliphatic rings. The van der Waals surface area contributed by atoms with Gasteiger partial charge in [-0.3, -0.25) is 4.79 Å². The van der Waals surface area contributed by atoms with Gasteiger partial charge in [0.1, 0.15) is 0 Å². The number of hydrogen-bond acceptors (Lipinski definition) is 2. The minimum atomic E-state index is -0.582. The normalized spacial score (nSPS) is 12.2. The van der Waals surface area contributed by atoms with Gasteiger partial charge in [0.2, 0.25) is 5.91 Å². The van der Waals surface area contributed by atoms with E-state index in [1.54, 1.807) is 19.1 Å². The van der Waals surface area contributed by atoms with Crippen LogP contribution in [0.3, 0.4) is 0 Å². The lowest BCUT2D eigenvalue weighted by Crippen LogP contribution is -2.14. The van der Waals surface area contributed by atoms with Crippen LogP contribution in [0.2, 0.25) is 0 Å². The molecule has 0 aliphatic heterocycles. The van der Waals surface area contributed by atoms with Crippen LogP contribution in [0.4, 0.5) is 5.69 Å². The topological polar surface area (TPSA) is 49.3 Å². The maximum absolute atomic E-state index is 11.1. The van der Waals surface area contributed by atoms with Crippen LogP contribution in [-0.4, -0.2) is 16.3 Å². The number of anilines is 1. The number of alkyl halides is 1. The third-order valence-corrected chi connectivity index (χ3v) is 2.32. The van der Waals surface area contributed by atoms with Crippen molar-refractivity contribution in [2.45, 2.75) is 13.0 Å². The van der Waals surface area contributed by atoms with Crippen LogP contribution in [0.5, 0.6) is 0 Å². The highest BCUT2D eigenvalue weighted by molar-refractivity contribution is 9.09. The lowest BCUT2D eigenvalue weighted by molar-refractivity contribution is -0.113. The predicted octanol–water partition coefficient (Wildman–Crippen LogP) is 2.07. The minimum Gasteiger partial charge on any atom is -0.389 e. The number of carbonyl (C=O) groups excluding carboxylic acids is 1. The van der Waals surface area contributed by atoms with Crippen LogP contribution in [-0.2, 0) is 4.79 Å². The zero-order valence-electron chi connectivity index (χ0n) is 7.83. The maximum atomic E-state index is 11.1. The molecular formula is C10H12BrNO2. The van der Waals surface area contributed by atoms with Crippen LogP contribution >= 0.6 is 15.9 Å². The molecule has 76 valence electrons. The molecule has 0 bridgehead atoms. The van der Waals surface area contributed by atoms with Crippen LogP contribution in [0.1, 0.15) is 18.6 Å². The van der Waals surface area contributed by atoms with Gasteiger partial charge in [-0.15, -0.1) is 0 Å². The van der Waals surface area contributed by atoms with Gasteiger partial charge in [0.25, 0.3) is 0 Å². The fraction of sp³-hybridized carbons (Fsp3) is 0.300. The molecule has 4 heteroatoms. The van der Waals surface area contributed by atoms with Crippen LogP contribution < -0.4 is 5.32 Å². The zero-order chi connectivity index (χ0) is 10.6. The van der Waals surface area contributed by atoms with Gasteiger partial charge < -0.3 is 10.4 Å². The summed E-state index contributed by atoms with van der Waals surface area (Å²) in [4.78, 5) is 11.1. The van der Waals surface area contributed by atoms with Crippen LogP contribution in [0, 0.1) is 0 Å². The van der Waals surface area contributed by atoms with Crippen molar-refractivity contribution in [3.8, 4) is 0 Å². The van der Waals surface area contributed by atoms with Crippen molar-refractivity contribution in [1.82, 2.24) is 0 Å². The van der Waals surface area contributed by atoms with Gasteiger partial charge in [-0.2, -0.15) is 0 Å². The molecule has 1 rings (SSSR count). The molecule has 1 aromatic rings. The minimum absolute atomic E-state index is 0.127. The molecule has 0 saturated heterocycles. The number of halogens is 1. The average Bonchev–Trinajstić information content (AvgIpc) is 2.18. The Morgan fingerprint density at radius 3 is 2.79 bits per heavy atom. The lowest BCUT2D eigenvalue weighted by atomic mass is 10.1. The number of benzene rings is 1. The fourth-order valence-electron chi connectivity index (χ4n) is 1.16. The molecule has 0 saturated carbocycles. The number of carbonyl (C=O) groups is 1. The Kier molecular flexibility index (Phi) is 4.10. The molecule has 1 amide bonds. The van der Waals surface area contributed by atoms with E-state index < -0.39 is 6.10 Å². The van der Waals surface area contributed by atoms with E-state index in [0.717, 1.165) is 5.56 Å². The summed E-state index contributed by atoms with van der Waals surface area (Å²) in [5.74, 6) is -0.127. The second-order valence-electron chi connectivity index (χ2n) is 2.95. The van der Waals surface area contributed by atoms with E-state index in [2.05, 4.69) is 21.2 Å². The third kappa shape index (κ3) is 2.82. The summed E-state index contributed by atoms with van der Waals surface area (Å²) in [6.07, 6.45) is -0.582. The first-order chi connectivity index (χ1) is 6.65. The molecule has 1 atom stereocenters. The largest absolute Gasteiger partial charge is 0.389 e. The molecule has 1 aromatic carbocycles. The van der Waals surface area contributed by atoms with E-state index in [1.807, 2.05) is 12.1 Å². The zero-order valence-corrected chi connectivity index (χ0v) is 9.41. The SMILES string of the molecule is CC(O)c1ccccc1NC(=O)CBr. The highest BCUT2D eigenvalue weighted by Gasteiger charge is 2.08. The Bertz CT molecular complexity index is 326. The maximum Gasteiger partial charge on any atom is 0.235 e. The predicted molar refractivity (Wildman–Crippen MR) is 59.5 cm³/mol. The third-order valence-electron chi connectivity index (χ3n) is 1.81. The molecular weight excluding hydrogens is 246 g/mol. The molecule has 0 aromatic heterocycles. The molecule has 0 fully saturated rings. The Labute approximate surface area is 91.3 Å². The summed E-state index contributed by atoms with van der Waals surface area (Å²) in [6.45, 7) is 1.67. The molecule has 14 heavy (non-hydrogen) atoms. The Hall–Kier alpha value is -0.870. The number of rotatable bonds is 3. The van der Waals surface area contributed by atoms with Crippen molar-refractivity contribution >= 4 is 27.5 Å². The Balaban J connectivity index is 2.90. The van der Waals surface area contributed by atoms with E-state index in [0.29, 0.717) is 5.69 Å². The summed E-state index contributed by atoms with van der Waals surface area (Å²) < 4.78 is 0. The van der Waals surface area contributed by atoms with Gasteiger partial charge >= 0.3 is 0 Å². The summed E-state index contributed by atoms with van der Waals surface area (Å²) >= 11 is 3.06. The summed E-state index contributed by atoms with van der Waals surface area (Å²) in [5.41, 5.74) is 1.38. The number of amides is 1. The van der Waals surface area contributed by atoms with E-state index in [4.69, 9.17) is 0 Å². The van der Waals surface area contributed by atoms with Crippen LogP contribution in [0.25, 0.3) is 0 Å². The smallest absolute Gasteiger partial charge is 0.235 e. The van der Waals surface area contributed by atoms with E-state index >= 15 is 0 Å². The van der Waals surface area contributed by atoms with Crippen molar-refractivity contribution in [2.24, 2.45) is 0 Å². The molecule has 0 heterocycles. The quantitative estimate of drug-likeness (QED) is 0.815. The number of nitrogens with one attached hydrogen (secondary N) is 1. The van der Waals surface area contributed by atoms with E-state index in [1.165, 1.54) is 0 Å². The fourth-order valence-corrected chi connectivity index (χ4v) is 1.30. The van der Waals surface area contributed by atoms with Crippen LogP contribution in [0.15, 0.2) is 24.3 Å². The van der Waals surface area contributed by atoms with Gasteiger partial charge in [0, 0.05) is 11.3 Å². The first kappa shape index (κ1) is 11.2. The number of aliphatic hydroxyl groups excluding tert-OH is 1. The van der Waals surface area contributed by atoms with Gasteiger partial charge in [-0.25, -0.2) is 0 Å². The molecule has 3 nitrogen and oxygen atoms in total. The van der Waals surface area contributed by atoms with Crippen molar-refractivity contribution in [2.75, 3.05) is 10.6 Å². The van der Waals surface area contributed by atoms with Gasteiger partial charge in [-0.05, 0) is 13.0 Å². The monoisotopic (exact) mass is 257 g/mol. The molecule has 0 spiro atoms. The second kappa shape index (κ2) is 5.12. The molecule has 1 unspecified atom stereocenters. The second-order valence-corrected chi connectivity index (χ2v) is 3.51. The Morgan fingerprint density at radius 1 is 1.57 bits per heavy atom. The average molecular weight is 258 g/mol. The number of aliphatic hydroxyl groups is 1. The van der Waals surface area contributed by atoms with Crippen molar-refractivity contribution in [3.63, 3.8) is 0 Å². The summed E-state index contributed by atoms with van der Waals surface area (Å²) in [6, 6.07) is 7.19. The standard InChI is InChI=1S/C10H12BrNO2/c1-7(13)8-4-2-3-5-9(8)12-10(14)6-11/h2-5,7,13H,6H2,1H3,(H,12,14).